The predicted molar refractivity (Wildman–Crippen MR) is 66.6 cm³/mol. The summed E-state index contributed by atoms with van der Waals surface area (Å²) in [4.78, 5) is 4.44. The van der Waals surface area contributed by atoms with Crippen LogP contribution in [0.1, 0.15) is 32.5 Å². The van der Waals surface area contributed by atoms with Crippen molar-refractivity contribution < 1.29 is 4.74 Å². The van der Waals surface area contributed by atoms with Gasteiger partial charge in [0.05, 0.1) is 18.8 Å². The van der Waals surface area contributed by atoms with Gasteiger partial charge in [-0.2, -0.15) is 0 Å². The summed E-state index contributed by atoms with van der Waals surface area (Å²) in [5, 5.41) is 3.33. The molecule has 2 unspecified atom stereocenters. The average molecular weight is 222 g/mol. The molecule has 0 aliphatic rings. The molecular weight excluding hydrogens is 200 g/mol. The SMILES string of the molecule is CNC(c1ncccc1OC)C(C)C(C)C. The molecule has 0 aliphatic carbocycles. The van der Waals surface area contributed by atoms with Crippen LogP contribution in [-0.4, -0.2) is 19.1 Å². The smallest absolute Gasteiger partial charge is 0.141 e. The van der Waals surface area contributed by atoms with Crippen molar-refractivity contribution in [2.24, 2.45) is 11.8 Å². The lowest BCUT2D eigenvalue weighted by atomic mass is 9.88. The highest BCUT2D eigenvalue weighted by Gasteiger charge is 2.24. The minimum absolute atomic E-state index is 0.233. The molecular formula is C13H22N2O. The average Bonchev–Trinajstić information content (AvgIpc) is 2.30. The van der Waals surface area contributed by atoms with Gasteiger partial charge in [0, 0.05) is 6.20 Å². The van der Waals surface area contributed by atoms with Crippen LogP contribution < -0.4 is 10.1 Å². The van der Waals surface area contributed by atoms with E-state index in [9.17, 15) is 0 Å². The number of aromatic nitrogens is 1. The molecule has 0 aliphatic heterocycles. The highest BCUT2D eigenvalue weighted by Crippen LogP contribution is 2.31. The Kier molecular flexibility index (Phi) is 4.74. The molecule has 90 valence electrons. The monoisotopic (exact) mass is 222 g/mol. The van der Waals surface area contributed by atoms with Gasteiger partial charge in [0.1, 0.15) is 5.75 Å². The third-order valence-electron chi connectivity index (χ3n) is 3.20. The molecule has 3 nitrogen and oxygen atoms in total. The molecule has 1 aromatic heterocycles. The first-order valence-electron chi connectivity index (χ1n) is 5.78. The number of nitrogens with one attached hydrogen (secondary N) is 1. The van der Waals surface area contributed by atoms with Gasteiger partial charge in [0.15, 0.2) is 0 Å². The number of nitrogens with zero attached hydrogens (tertiary/aromatic N) is 1. The minimum Gasteiger partial charge on any atom is -0.495 e. The van der Waals surface area contributed by atoms with Crippen molar-refractivity contribution in [3.63, 3.8) is 0 Å². The maximum absolute atomic E-state index is 5.36. The van der Waals surface area contributed by atoms with Crippen LogP contribution >= 0.6 is 0 Å². The number of hydrogen-bond donors (Lipinski definition) is 1. The van der Waals surface area contributed by atoms with Gasteiger partial charge < -0.3 is 10.1 Å². The lowest BCUT2D eigenvalue weighted by molar-refractivity contribution is 0.300. The van der Waals surface area contributed by atoms with Crippen LogP contribution in [0.5, 0.6) is 5.75 Å². The van der Waals surface area contributed by atoms with Gasteiger partial charge in [-0.05, 0) is 31.0 Å². The summed E-state index contributed by atoms with van der Waals surface area (Å²) in [5.74, 6) is 1.97. The van der Waals surface area contributed by atoms with Crippen molar-refractivity contribution in [2.75, 3.05) is 14.2 Å². The Morgan fingerprint density at radius 3 is 2.50 bits per heavy atom. The quantitative estimate of drug-likeness (QED) is 0.831. The number of rotatable bonds is 5. The van der Waals surface area contributed by atoms with Gasteiger partial charge in [-0.3, -0.25) is 4.98 Å². The zero-order valence-electron chi connectivity index (χ0n) is 10.8. The minimum atomic E-state index is 0.233. The Morgan fingerprint density at radius 2 is 2.00 bits per heavy atom. The van der Waals surface area contributed by atoms with E-state index in [0.29, 0.717) is 11.8 Å². The number of hydrogen-bond acceptors (Lipinski definition) is 3. The van der Waals surface area contributed by atoms with E-state index >= 15 is 0 Å². The first-order valence-corrected chi connectivity index (χ1v) is 5.78. The van der Waals surface area contributed by atoms with E-state index in [1.807, 2.05) is 25.4 Å². The molecule has 1 rings (SSSR count). The summed E-state index contributed by atoms with van der Waals surface area (Å²) in [7, 11) is 3.66. The third kappa shape index (κ3) is 2.73. The summed E-state index contributed by atoms with van der Waals surface area (Å²) in [5.41, 5.74) is 0.994. The van der Waals surface area contributed by atoms with Crippen molar-refractivity contribution in [3.8, 4) is 5.75 Å². The van der Waals surface area contributed by atoms with Crippen molar-refractivity contribution in [1.29, 1.82) is 0 Å². The second-order valence-electron chi connectivity index (χ2n) is 4.46. The van der Waals surface area contributed by atoms with Crippen LogP contribution in [0, 0.1) is 11.8 Å². The van der Waals surface area contributed by atoms with Crippen LogP contribution in [0.3, 0.4) is 0 Å². The predicted octanol–water partition coefficient (Wildman–Crippen LogP) is 2.64. The van der Waals surface area contributed by atoms with Gasteiger partial charge in [-0.15, -0.1) is 0 Å². The second kappa shape index (κ2) is 5.85. The van der Waals surface area contributed by atoms with Crippen LogP contribution in [0.4, 0.5) is 0 Å². The summed E-state index contributed by atoms with van der Waals surface area (Å²) < 4.78 is 5.36. The molecule has 0 fully saturated rings. The normalized spacial score (nSPS) is 14.9. The molecule has 0 amide bonds. The first-order chi connectivity index (χ1) is 7.61. The Bertz CT molecular complexity index is 325. The van der Waals surface area contributed by atoms with Crippen molar-refractivity contribution in [2.45, 2.75) is 26.8 Å². The van der Waals surface area contributed by atoms with E-state index in [-0.39, 0.29) is 6.04 Å². The van der Waals surface area contributed by atoms with Gasteiger partial charge in [0.2, 0.25) is 0 Å². The topological polar surface area (TPSA) is 34.2 Å². The lowest BCUT2D eigenvalue weighted by Crippen LogP contribution is -2.27. The molecule has 0 saturated heterocycles. The first kappa shape index (κ1) is 13.0. The van der Waals surface area contributed by atoms with Crippen molar-refractivity contribution in [1.82, 2.24) is 10.3 Å². The summed E-state index contributed by atoms with van der Waals surface area (Å²) >= 11 is 0. The molecule has 16 heavy (non-hydrogen) atoms. The van der Waals surface area contributed by atoms with Crippen LogP contribution in [0.25, 0.3) is 0 Å². The van der Waals surface area contributed by atoms with Crippen LogP contribution in [0.15, 0.2) is 18.3 Å². The van der Waals surface area contributed by atoms with Gasteiger partial charge in [-0.25, -0.2) is 0 Å². The molecule has 1 aromatic rings. The summed E-state index contributed by atoms with van der Waals surface area (Å²) in [6, 6.07) is 4.09. The molecule has 1 heterocycles. The van der Waals surface area contributed by atoms with Crippen molar-refractivity contribution >= 4 is 0 Å². The zero-order valence-corrected chi connectivity index (χ0v) is 10.8. The van der Waals surface area contributed by atoms with E-state index < -0.39 is 0 Å². The Labute approximate surface area is 98.2 Å². The Hall–Kier alpha value is -1.09. The van der Waals surface area contributed by atoms with E-state index in [1.165, 1.54) is 0 Å². The summed E-state index contributed by atoms with van der Waals surface area (Å²) in [6.07, 6.45) is 1.81. The largest absolute Gasteiger partial charge is 0.495 e. The molecule has 0 spiro atoms. The fourth-order valence-electron chi connectivity index (χ4n) is 1.84. The van der Waals surface area contributed by atoms with E-state index in [2.05, 4.69) is 31.1 Å². The van der Waals surface area contributed by atoms with E-state index in [1.54, 1.807) is 7.11 Å². The van der Waals surface area contributed by atoms with Gasteiger partial charge >= 0.3 is 0 Å². The van der Waals surface area contributed by atoms with Gasteiger partial charge in [-0.1, -0.05) is 20.8 Å². The number of methoxy groups -OCH3 is 1. The zero-order chi connectivity index (χ0) is 12.1. The van der Waals surface area contributed by atoms with Crippen molar-refractivity contribution in [3.05, 3.63) is 24.0 Å². The molecule has 0 bridgehead atoms. The fraction of sp³-hybridized carbons (Fsp3) is 0.615. The van der Waals surface area contributed by atoms with Crippen LogP contribution in [-0.2, 0) is 0 Å². The molecule has 0 saturated carbocycles. The van der Waals surface area contributed by atoms with E-state index in [0.717, 1.165) is 11.4 Å². The molecule has 1 N–H and O–H groups in total. The molecule has 2 atom stereocenters. The van der Waals surface area contributed by atoms with Gasteiger partial charge in [0.25, 0.3) is 0 Å². The number of pyridine rings is 1. The number of ether oxygens (including phenoxy) is 1. The Balaban J connectivity index is 3.03. The maximum Gasteiger partial charge on any atom is 0.141 e. The second-order valence-corrected chi connectivity index (χ2v) is 4.46. The summed E-state index contributed by atoms with van der Waals surface area (Å²) in [6.45, 7) is 6.69. The molecule has 3 heteroatoms. The van der Waals surface area contributed by atoms with E-state index in [4.69, 9.17) is 4.74 Å². The third-order valence-corrected chi connectivity index (χ3v) is 3.20. The lowest BCUT2D eigenvalue weighted by Gasteiger charge is -2.27. The highest BCUT2D eigenvalue weighted by atomic mass is 16.5. The molecule has 0 radical (unpaired) electrons. The maximum atomic E-state index is 5.36. The molecule has 0 aromatic carbocycles. The Morgan fingerprint density at radius 1 is 1.31 bits per heavy atom. The van der Waals surface area contributed by atoms with Crippen LogP contribution in [0.2, 0.25) is 0 Å². The standard InChI is InChI=1S/C13H22N2O/c1-9(2)10(3)12(14-4)13-11(16-5)7-6-8-15-13/h6-10,12,14H,1-5H3. The fourth-order valence-corrected chi connectivity index (χ4v) is 1.84. The highest BCUT2D eigenvalue weighted by molar-refractivity contribution is 5.29.